The van der Waals surface area contributed by atoms with Crippen molar-refractivity contribution in [1.29, 1.82) is 0 Å². The Hall–Kier alpha value is -5.14. The van der Waals surface area contributed by atoms with Crippen LogP contribution in [-0.2, 0) is 0 Å². The summed E-state index contributed by atoms with van der Waals surface area (Å²) in [6, 6.07) is 45.9. The Balaban J connectivity index is 1.51. The number of hydrogen-bond donors (Lipinski definition) is 0. The number of fused-ring (bicyclic) bond motifs is 5. The van der Waals surface area contributed by atoms with Crippen LogP contribution < -0.4 is 0 Å². The molecule has 0 saturated heterocycles. The molecular formula is C38H24O. The van der Waals surface area contributed by atoms with Crippen LogP contribution in [-0.4, -0.2) is 0 Å². The van der Waals surface area contributed by atoms with Crippen LogP contribution in [0.3, 0.4) is 0 Å². The Morgan fingerprint density at radius 2 is 1.05 bits per heavy atom. The molecule has 1 heterocycles. The van der Waals surface area contributed by atoms with Gasteiger partial charge in [0.25, 0.3) is 0 Å². The first-order valence-corrected chi connectivity index (χ1v) is 13.2. The molecule has 0 unspecified atom stereocenters. The van der Waals surface area contributed by atoms with E-state index in [1.807, 2.05) is 72.8 Å². The quantitative estimate of drug-likeness (QED) is 0.221. The fraction of sp³-hybridized carbons (Fsp3) is 0. The van der Waals surface area contributed by atoms with Crippen LogP contribution in [0.25, 0.3) is 76.9 Å². The fourth-order valence-corrected chi connectivity index (χ4v) is 6.00. The average molecular weight is 499 g/mol. The summed E-state index contributed by atoms with van der Waals surface area (Å²) in [6.07, 6.45) is 0. The number of hydrogen-bond acceptors (Lipinski definition) is 1. The Morgan fingerprint density at radius 1 is 0.410 bits per heavy atom. The second-order valence-corrected chi connectivity index (χ2v) is 9.89. The van der Waals surface area contributed by atoms with Gasteiger partial charge in [0.15, 0.2) is 0 Å². The predicted octanol–water partition coefficient (Wildman–Crippen LogP) is 10.9. The van der Waals surface area contributed by atoms with Gasteiger partial charge in [0.1, 0.15) is 11.2 Å². The first-order chi connectivity index (χ1) is 20.2. The van der Waals surface area contributed by atoms with Crippen molar-refractivity contribution in [3.8, 4) is 33.4 Å². The highest BCUT2D eigenvalue weighted by atomic mass is 16.3. The fourth-order valence-electron chi connectivity index (χ4n) is 6.00. The molecule has 0 fully saturated rings. The summed E-state index contributed by atoms with van der Waals surface area (Å²) in [5, 5.41) is 5.80. The standard InChI is InChI=1S/C38H24O/c1-3-12-25(13-4-1)27-22-23-32-35(24-27)39-34-21-11-20-33(38(32)34)37-30-18-9-7-16-28(30)36(26-14-5-2-6-15-26)29-17-8-10-19-31(29)37/h1-24H/i16D,17D. The van der Waals surface area contributed by atoms with E-state index in [1.54, 1.807) is 0 Å². The normalized spacial score (nSPS) is 12.3. The molecule has 1 heteroatoms. The molecule has 0 spiro atoms. The van der Waals surface area contributed by atoms with Gasteiger partial charge in [-0.3, -0.25) is 0 Å². The van der Waals surface area contributed by atoms with Crippen LogP contribution in [0.1, 0.15) is 2.74 Å². The van der Waals surface area contributed by atoms with Gasteiger partial charge in [0, 0.05) is 10.8 Å². The highest BCUT2D eigenvalue weighted by molar-refractivity contribution is 6.25. The molecule has 39 heavy (non-hydrogen) atoms. The van der Waals surface area contributed by atoms with E-state index in [0.29, 0.717) is 12.1 Å². The second kappa shape index (κ2) is 8.72. The molecule has 182 valence electrons. The van der Waals surface area contributed by atoms with Crippen molar-refractivity contribution in [2.24, 2.45) is 0 Å². The SMILES string of the molecule is [2H]c1cccc2c(-c3cccc4oc5cc(-c6ccccc6)ccc5c34)c3cccc([2H])c3c(-c3ccccc3)c12. The van der Waals surface area contributed by atoms with Crippen LogP contribution in [0.4, 0.5) is 0 Å². The van der Waals surface area contributed by atoms with Crippen LogP contribution >= 0.6 is 0 Å². The minimum atomic E-state index is 0.449. The molecule has 7 aromatic carbocycles. The molecule has 0 aliphatic carbocycles. The first kappa shape index (κ1) is 19.9. The summed E-state index contributed by atoms with van der Waals surface area (Å²) in [4.78, 5) is 0. The largest absolute Gasteiger partial charge is 0.456 e. The maximum absolute atomic E-state index is 9.05. The summed E-state index contributed by atoms with van der Waals surface area (Å²) in [7, 11) is 0. The zero-order valence-corrected chi connectivity index (χ0v) is 21.1. The molecule has 8 aromatic rings. The minimum absolute atomic E-state index is 0.449. The lowest BCUT2D eigenvalue weighted by atomic mass is 9.85. The van der Waals surface area contributed by atoms with Crippen molar-refractivity contribution >= 4 is 43.5 Å². The lowest BCUT2D eigenvalue weighted by Gasteiger charge is -2.18. The van der Waals surface area contributed by atoms with Crippen LogP contribution in [0.5, 0.6) is 0 Å². The molecule has 0 N–H and O–H groups in total. The van der Waals surface area contributed by atoms with Crippen LogP contribution in [0.2, 0.25) is 0 Å². The lowest BCUT2D eigenvalue weighted by Crippen LogP contribution is -1.91. The summed E-state index contributed by atoms with van der Waals surface area (Å²) in [6.45, 7) is 0. The Morgan fingerprint density at radius 3 is 1.74 bits per heavy atom. The zero-order chi connectivity index (χ0) is 27.5. The third-order valence-electron chi connectivity index (χ3n) is 7.69. The molecule has 8 rings (SSSR count). The molecule has 1 nitrogen and oxygen atoms in total. The topological polar surface area (TPSA) is 13.1 Å². The molecule has 1 aromatic heterocycles. The summed E-state index contributed by atoms with van der Waals surface area (Å²) >= 11 is 0. The number of rotatable bonds is 3. The van der Waals surface area contributed by atoms with Gasteiger partial charge in [-0.25, -0.2) is 0 Å². The summed E-state index contributed by atoms with van der Waals surface area (Å²) in [5.41, 5.74) is 7.93. The molecule has 0 bridgehead atoms. The monoisotopic (exact) mass is 498 g/mol. The smallest absolute Gasteiger partial charge is 0.136 e. The number of furan rings is 1. The van der Waals surface area contributed by atoms with E-state index in [2.05, 4.69) is 60.7 Å². The molecule has 0 radical (unpaired) electrons. The van der Waals surface area contributed by atoms with E-state index in [-0.39, 0.29) is 0 Å². The third kappa shape index (κ3) is 3.41. The highest BCUT2D eigenvalue weighted by Gasteiger charge is 2.20. The van der Waals surface area contributed by atoms with Crippen molar-refractivity contribution in [3.05, 3.63) is 146 Å². The minimum Gasteiger partial charge on any atom is -0.456 e. The van der Waals surface area contributed by atoms with Crippen molar-refractivity contribution in [3.63, 3.8) is 0 Å². The van der Waals surface area contributed by atoms with E-state index in [1.165, 1.54) is 0 Å². The van der Waals surface area contributed by atoms with Gasteiger partial charge in [-0.2, -0.15) is 0 Å². The zero-order valence-electron chi connectivity index (χ0n) is 23.1. The molecule has 0 saturated carbocycles. The molecule has 0 aliphatic heterocycles. The summed E-state index contributed by atoms with van der Waals surface area (Å²) in [5.74, 6) is 0. The van der Waals surface area contributed by atoms with E-state index in [4.69, 9.17) is 7.16 Å². The van der Waals surface area contributed by atoms with Gasteiger partial charge in [0.2, 0.25) is 0 Å². The Bertz CT molecular complexity index is 2200. The molecular weight excluding hydrogens is 472 g/mol. The maximum Gasteiger partial charge on any atom is 0.136 e. The Kier molecular flexibility index (Phi) is 4.45. The molecule has 0 amide bonds. The first-order valence-electron chi connectivity index (χ1n) is 14.2. The predicted molar refractivity (Wildman–Crippen MR) is 165 cm³/mol. The molecule has 0 aliphatic rings. The second-order valence-electron chi connectivity index (χ2n) is 9.89. The van der Waals surface area contributed by atoms with Crippen LogP contribution in [0, 0.1) is 0 Å². The van der Waals surface area contributed by atoms with Gasteiger partial charge in [-0.05, 0) is 73.1 Å². The van der Waals surface area contributed by atoms with Crippen LogP contribution in [0.15, 0.2) is 150 Å². The van der Waals surface area contributed by atoms with Crippen molar-refractivity contribution in [2.45, 2.75) is 0 Å². The van der Waals surface area contributed by atoms with E-state index >= 15 is 0 Å². The van der Waals surface area contributed by atoms with Gasteiger partial charge in [-0.1, -0.05) is 127 Å². The Labute approximate surface area is 229 Å². The average Bonchev–Trinajstić information content (AvgIpc) is 3.39. The van der Waals surface area contributed by atoms with Gasteiger partial charge >= 0.3 is 0 Å². The van der Waals surface area contributed by atoms with E-state index in [9.17, 15) is 0 Å². The van der Waals surface area contributed by atoms with Crippen molar-refractivity contribution in [2.75, 3.05) is 0 Å². The van der Waals surface area contributed by atoms with Gasteiger partial charge in [-0.15, -0.1) is 0 Å². The van der Waals surface area contributed by atoms with E-state index < -0.39 is 0 Å². The highest BCUT2D eigenvalue weighted by Crippen LogP contribution is 2.46. The van der Waals surface area contributed by atoms with Crippen molar-refractivity contribution in [1.82, 2.24) is 0 Å². The third-order valence-corrected chi connectivity index (χ3v) is 7.69. The maximum atomic E-state index is 9.05. The number of benzene rings is 7. The molecule has 0 atom stereocenters. The van der Waals surface area contributed by atoms with Gasteiger partial charge < -0.3 is 4.42 Å². The van der Waals surface area contributed by atoms with E-state index in [0.717, 1.165) is 76.9 Å². The van der Waals surface area contributed by atoms with Crippen molar-refractivity contribution < 1.29 is 7.16 Å². The van der Waals surface area contributed by atoms with Gasteiger partial charge in [0.05, 0.1) is 2.74 Å². The summed E-state index contributed by atoms with van der Waals surface area (Å²) < 4.78 is 24.6. The lowest BCUT2D eigenvalue weighted by molar-refractivity contribution is 0.669.